The largest absolute Gasteiger partial charge is 0.392 e. The summed E-state index contributed by atoms with van der Waals surface area (Å²) in [6, 6.07) is 2.57. The maximum Gasteiger partial charge on any atom is 0.224 e. The molecule has 0 unspecified atom stereocenters. The molecule has 1 aromatic heterocycles. The normalized spacial score (nSPS) is 10.9. The number of nitrogens with zero attached hydrogens (tertiary/aromatic N) is 2. The second kappa shape index (κ2) is 3.89. The molecule has 0 saturated heterocycles. The molecule has 6 heteroatoms. The average molecular weight is 247 g/mol. The number of halogens is 3. The van der Waals surface area contributed by atoms with E-state index in [1.807, 2.05) is 0 Å². The van der Waals surface area contributed by atoms with Gasteiger partial charge in [0.25, 0.3) is 0 Å². The van der Waals surface area contributed by atoms with Gasteiger partial charge in [0.15, 0.2) is 0 Å². The number of aliphatic hydroxyl groups excluding tert-OH is 1. The van der Waals surface area contributed by atoms with Gasteiger partial charge in [-0.05, 0) is 23.7 Å². The summed E-state index contributed by atoms with van der Waals surface area (Å²) in [6.45, 7) is -0.402. The van der Waals surface area contributed by atoms with E-state index < -0.39 is 12.4 Å². The van der Waals surface area contributed by atoms with Gasteiger partial charge in [0.05, 0.1) is 12.1 Å². The van der Waals surface area contributed by atoms with E-state index in [-0.39, 0.29) is 16.0 Å². The molecule has 0 spiro atoms. The molecule has 0 fully saturated rings. The van der Waals surface area contributed by atoms with E-state index in [1.165, 1.54) is 12.1 Å². The van der Waals surface area contributed by atoms with Crippen LogP contribution in [-0.2, 0) is 6.61 Å². The fraction of sp³-hybridized carbons (Fsp3) is 0.111. The lowest BCUT2D eigenvalue weighted by atomic mass is 10.1. The summed E-state index contributed by atoms with van der Waals surface area (Å²) in [5.41, 5.74) is 0.554. The quantitative estimate of drug-likeness (QED) is 0.622. The molecule has 0 radical (unpaired) electrons. The highest BCUT2D eigenvalue weighted by Crippen LogP contribution is 2.24. The number of aromatic nitrogens is 2. The van der Waals surface area contributed by atoms with Crippen molar-refractivity contribution < 1.29 is 9.50 Å². The van der Waals surface area contributed by atoms with Gasteiger partial charge in [0.1, 0.15) is 11.0 Å². The number of fused-ring (bicyclic) bond motifs is 1. The van der Waals surface area contributed by atoms with Crippen LogP contribution in [0, 0.1) is 5.82 Å². The molecule has 1 heterocycles. The molecule has 2 rings (SSSR count). The van der Waals surface area contributed by atoms with Gasteiger partial charge in [0, 0.05) is 10.9 Å². The molecule has 0 saturated carbocycles. The first-order valence-electron chi connectivity index (χ1n) is 4.04. The van der Waals surface area contributed by atoms with Gasteiger partial charge in [-0.15, -0.1) is 0 Å². The van der Waals surface area contributed by atoms with Crippen LogP contribution in [0.2, 0.25) is 10.4 Å². The Labute approximate surface area is 94.5 Å². The Bertz CT molecular complexity index is 533. The van der Waals surface area contributed by atoms with Crippen molar-refractivity contribution in [1.29, 1.82) is 0 Å². The molecule has 0 aliphatic rings. The molecular weight excluding hydrogens is 242 g/mol. The molecule has 0 atom stereocenters. The third kappa shape index (κ3) is 1.88. The third-order valence-corrected chi connectivity index (χ3v) is 2.42. The summed E-state index contributed by atoms with van der Waals surface area (Å²) in [4.78, 5) is 7.57. The minimum Gasteiger partial charge on any atom is -0.392 e. The Morgan fingerprint density at radius 3 is 2.67 bits per heavy atom. The fourth-order valence-corrected chi connectivity index (χ4v) is 1.70. The van der Waals surface area contributed by atoms with Gasteiger partial charge >= 0.3 is 0 Å². The van der Waals surface area contributed by atoms with E-state index >= 15 is 0 Å². The first kappa shape index (κ1) is 10.5. The molecule has 78 valence electrons. The van der Waals surface area contributed by atoms with Crippen LogP contribution >= 0.6 is 23.2 Å². The second-order valence-electron chi connectivity index (χ2n) is 2.90. The van der Waals surface area contributed by atoms with Crippen LogP contribution < -0.4 is 0 Å². The number of aliphatic hydroxyl groups is 1. The van der Waals surface area contributed by atoms with Gasteiger partial charge in [-0.3, -0.25) is 0 Å². The number of rotatable bonds is 1. The monoisotopic (exact) mass is 246 g/mol. The van der Waals surface area contributed by atoms with Crippen molar-refractivity contribution in [3.63, 3.8) is 0 Å². The van der Waals surface area contributed by atoms with Gasteiger partial charge in [-0.25, -0.2) is 14.4 Å². The van der Waals surface area contributed by atoms with E-state index in [1.54, 1.807) is 0 Å². The lowest BCUT2D eigenvalue weighted by Gasteiger charge is -2.03. The summed E-state index contributed by atoms with van der Waals surface area (Å²) < 4.78 is 13.3. The Balaban J connectivity index is 2.81. The highest BCUT2D eigenvalue weighted by molar-refractivity contribution is 6.35. The zero-order valence-corrected chi connectivity index (χ0v) is 8.85. The van der Waals surface area contributed by atoms with E-state index in [4.69, 9.17) is 28.3 Å². The summed E-state index contributed by atoms with van der Waals surface area (Å²) in [5, 5.41) is 9.32. The average Bonchev–Trinajstić information content (AvgIpc) is 2.18. The maximum atomic E-state index is 13.3. The highest BCUT2D eigenvalue weighted by Gasteiger charge is 2.09. The van der Waals surface area contributed by atoms with Crippen LogP contribution in [0.4, 0.5) is 4.39 Å². The molecular formula is C9H5Cl2FN2O. The van der Waals surface area contributed by atoms with Crippen LogP contribution in [0.1, 0.15) is 5.56 Å². The number of benzene rings is 1. The van der Waals surface area contributed by atoms with Crippen LogP contribution in [-0.4, -0.2) is 15.1 Å². The molecule has 0 bridgehead atoms. The van der Waals surface area contributed by atoms with Crippen molar-refractivity contribution >= 4 is 34.1 Å². The molecule has 3 nitrogen and oxygen atoms in total. The first-order valence-corrected chi connectivity index (χ1v) is 4.79. The van der Waals surface area contributed by atoms with Crippen molar-refractivity contribution in [2.45, 2.75) is 6.61 Å². The van der Waals surface area contributed by atoms with Gasteiger partial charge in [0.2, 0.25) is 5.28 Å². The van der Waals surface area contributed by atoms with Crippen LogP contribution in [0.25, 0.3) is 10.9 Å². The van der Waals surface area contributed by atoms with E-state index in [0.29, 0.717) is 10.9 Å². The fourth-order valence-electron chi connectivity index (χ4n) is 1.25. The zero-order chi connectivity index (χ0) is 11.0. The highest BCUT2D eigenvalue weighted by atomic mass is 35.5. The Hall–Kier alpha value is -0.970. The maximum absolute atomic E-state index is 13.3. The second-order valence-corrected chi connectivity index (χ2v) is 3.60. The molecule has 0 aliphatic heterocycles. The molecule has 0 aliphatic carbocycles. The predicted molar refractivity (Wildman–Crippen MR) is 55.4 cm³/mol. The molecule has 15 heavy (non-hydrogen) atoms. The molecule has 1 aromatic carbocycles. The lowest BCUT2D eigenvalue weighted by Crippen LogP contribution is -1.93. The SMILES string of the molecule is OCc1cc2nc(Cl)nc(Cl)c2cc1F. The van der Waals surface area contributed by atoms with Gasteiger partial charge < -0.3 is 5.11 Å². The van der Waals surface area contributed by atoms with E-state index in [9.17, 15) is 4.39 Å². The summed E-state index contributed by atoms with van der Waals surface area (Å²) in [5.74, 6) is -0.544. The molecule has 1 N–H and O–H groups in total. The summed E-state index contributed by atoms with van der Waals surface area (Å²) >= 11 is 11.4. The topological polar surface area (TPSA) is 46.0 Å². The van der Waals surface area contributed by atoms with Crippen LogP contribution in [0.3, 0.4) is 0 Å². The summed E-state index contributed by atoms with van der Waals surface area (Å²) in [7, 11) is 0. The minimum absolute atomic E-state index is 0.0111. The van der Waals surface area contributed by atoms with Gasteiger partial charge in [-0.2, -0.15) is 0 Å². The first-order chi connectivity index (χ1) is 7.11. The Morgan fingerprint density at radius 2 is 2.00 bits per heavy atom. The summed E-state index contributed by atoms with van der Waals surface area (Å²) in [6.07, 6.45) is 0. The lowest BCUT2D eigenvalue weighted by molar-refractivity contribution is 0.276. The number of hydrogen-bond acceptors (Lipinski definition) is 3. The van der Waals surface area contributed by atoms with E-state index in [2.05, 4.69) is 9.97 Å². The Kier molecular flexibility index (Phi) is 2.73. The Morgan fingerprint density at radius 1 is 1.27 bits per heavy atom. The zero-order valence-electron chi connectivity index (χ0n) is 7.34. The third-order valence-electron chi connectivity index (χ3n) is 1.96. The predicted octanol–water partition coefficient (Wildman–Crippen LogP) is 2.57. The standard InChI is InChI=1S/C9H5Cl2FN2O/c10-8-5-2-6(12)4(3-15)1-7(5)13-9(11)14-8/h1-2,15H,3H2. The van der Waals surface area contributed by atoms with Crippen LogP contribution in [0.5, 0.6) is 0 Å². The molecule has 2 aromatic rings. The van der Waals surface area contributed by atoms with Crippen LogP contribution in [0.15, 0.2) is 12.1 Å². The van der Waals surface area contributed by atoms with Crippen molar-refractivity contribution in [2.24, 2.45) is 0 Å². The minimum atomic E-state index is -0.544. The van der Waals surface area contributed by atoms with Crippen molar-refractivity contribution in [3.05, 3.63) is 34.0 Å². The van der Waals surface area contributed by atoms with Crippen molar-refractivity contribution in [1.82, 2.24) is 9.97 Å². The molecule has 0 amide bonds. The van der Waals surface area contributed by atoms with E-state index in [0.717, 1.165) is 0 Å². The number of hydrogen-bond donors (Lipinski definition) is 1. The smallest absolute Gasteiger partial charge is 0.224 e. The van der Waals surface area contributed by atoms with Crippen molar-refractivity contribution in [2.75, 3.05) is 0 Å². The van der Waals surface area contributed by atoms with Gasteiger partial charge in [-0.1, -0.05) is 11.6 Å². The van der Waals surface area contributed by atoms with Crippen molar-refractivity contribution in [3.8, 4) is 0 Å².